The van der Waals surface area contributed by atoms with E-state index >= 15 is 0 Å². The van der Waals surface area contributed by atoms with Crippen LogP contribution in [-0.4, -0.2) is 28.4 Å². The van der Waals surface area contributed by atoms with Gasteiger partial charge in [0.05, 0.1) is 28.4 Å². The van der Waals surface area contributed by atoms with E-state index in [4.69, 9.17) is 14.5 Å². The molecule has 6 rings (SSSR count). The van der Waals surface area contributed by atoms with Crippen molar-refractivity contribution in [2.75, 3.05) is 11.5 Å². The van der Waals surface area contributed by atoms with Gasteiger partial charge in [0.1, 0.15) is 12.4 Å². The van der Waals surface area contributed by atoms with Crippen molar-refractivity contribution < 1.29 is 24.2 Å². The lowest BCUT2D eigenvalue weighted by molar-refractivity contribution is -0.132. The number of Topliss-reactive ketones (excluding diaryl/α,β-unsaturated/α-hetero) is 1. The van der Waals surface area contributed by atoms with Crippen molar-refractivity contribution in [3.8, 4) is 11.5 Å². The quantitative estimate of drug-likeness (QED) is 0.119. The Morgan fingerprint density at radius 1 is 0.905 bits per heavy atom. The number of nitrogens with zero attached hydrogens (tertiary/aromatic N) is 2. The van der Waals surface area contributed by atoms with Crippen molar-refractivity contribution in [1.82, 2.24) is 4.98 Å². The number of aryl methyl sites for hydroxylation is 1. The Kier molecular flexibility index (Phi) is 7.46. The van der Waals surface area contributed by atoms with Gasteiger partial charge in [-0.05, 0) is 54.8 Å². The number of rotatable bonds is 8. The summed E-state index contributed by atoms with van der Waals surface area (Å²) < 4.78 is 13.0. The van der Waals surface area contributed by atoms with Crippen LogP contribution in [0.25, 0.3) is 16.0 Å². The maximum atomic E-state index is 13.7. The molecule has 0 bridgehead atoms. The SMILES string of the molecule is CCOc1cc(C2C(=C(O)c3ccccc3)C(=O)C(=O)N2c2nc3ccc(C)cc3s2)ccc1OCc1ccccc1. The van der Waals surface area contributed by atoms with Gasteiger partial charge < -0.3 is 14.6 Å². The molecule has 7 nitrogen and oxygen atoms in total. The lowest BCUT2D eigenvalue weighted by atomic mass is 9.95. The number of aromatic nitrogens is 1. The number of ether oxygens (including phenoxy) is 2. The number of thiazole rings is 1. The number of fused-ring (bicyclic) bond motifs is 1. The van der Waals surface area contributed by atoms with E-state index in [0.717, 1.165) is 21.3 Å². The second kappa shape index (κ2) is 11.5. The van der Waals surface area contributed by atoms with Crippen LogP contribution >= 0.6 is 11.3 Å². The van der Waals surface area contributed by atoms with Gasteiger partial charge in [0.25, 0.3) is 5.78 Å². The molecule has 210 valence electrons. The van der Waals surface area contributed by atoms with Gasteiger partial charge in [0.2, 0.25) is 0 Å². The third-order valence-corrected chi connectivity index (χ3v) is 8.07. The number of aliphatic hydroxyl groups excluding tert-OH is 1. The first-order valence-electron chi connectivity index (χ1n) is 13.6. The van der Waals surface area contributed by atoms with Crippen LogP contribution in [0.5, 0.6) is 11.5 Å². The number of amides is 1. The third kappa shape index (κ3) is 5.12. The molecule has 1 unspecified atom stereocenters. The summed E-state index contributed by atoms with van der Waals surface area (Å²) in [5.74, 6) is -0.786. The molecule has 1 atom stereocenters. The summed E-state index contributed by atoms with van der Waals surface area (Å²) in [6.45, 7) is 4.59. The van der Waals surface area contributed by atoms with Crippen molar-refractivity contribution in [2.45, 2.75) is 26.5 Å². The van der Waals surface area contributed by atoms with Crippen molar-refractivity contribution >= 4 is 44.1 Å². The Morgan fingerprint density at radius 3 is 2.38 bits per heavy atom. The van der Waals surface area contributed by atoms with Crippen LogP contribution < -0.4 is 14.4 Å². The van der Waals surface area contributed by atoms with Crippen LogP contribution in [0.4, 0.5) is 5.13 Å². The number of benzene rings is 4. The Labute approximate surface area is 247 Å². The van der Waals surface area contributed by atoms with Gasteiger partial charge in [-0.25, -0.2) is 4.98 Å². The molecule has 1 saturated heterocycles. The van der Waals surface area contributed by atoms with Crippen LogP contribution in [0.2, 0.25) is 0 Å². The number of ketones is 1. The molecule has 1 aliphatic heterocycles. The second-order valence-corrected chi connectivity index (χ2v) is 10.9. The van der Waals surface area contributed by atoms with E-state index in [-0.39, 0.29) is 11.3 Å². The standard InChI is InChI=1S/C34H28N2O5S/c1-3-40-27-19-24(15-17-26(27)41-20-22-10-6-4-7-11-22)30-29(31(37)23-12-8-5-9-13-23)32(38)33(39)36(30)34-35-25-16-14-21(2)18-28(25)42-34/h4-19,30,37H,3,20H2,1-2H3. The molecule has 1 fully saturated rings. The first-order valence-corrected chi connectivity index (χ1v) is 14.4. The minimum Gasteiger partial charge on any atom is -0.507 e. The lowest BCUT2D eigenvalue weighted by Crippen LogP contribution is -2.29. The predicted octanol–water partition coefficient (Wildman–Crippen LogP) is 7.21. The summed E-state index contributed by atoms with van der Waals surface area (Å²) in [5.41, 5.74) is 3.80. The highest BCUT2D eigenvalue weighted by Gasteiger charge is 2.48. The molecule has 4 aromatic carbocycles. The molecule has 1 N–H and O–H groups in total. The largest absolute Gasteiger partial charge is 0.507 e. The first kappa shape index (κ1) is 27.2. The van der Waals surface area contributed by atoms with Gasteiger partial charge in [0, 0.05) is 5.56 Å². The molecule has 0 spiro atoms. The molecule has 1 amide bonds. The van der Waals surface area contributed by atoms with Crippen LogP contribution in [-0.2, 0) is 16.2 Å². The van der Waals surface area contributed by atoms with E-state index in [1.807, 2.05) is 68.4 Å². The van der Waals surface area contributed by atoms with E-state index in [0.29, 0.717) is 41.0 Å². The summed E-state index contributed by atoms with van der Waals surface area (Å²) in [5, 5.41) is 11.8. The molecule has 5 aromatic rings. The summed E-state index contributed by atoms with van der Waals surface area (Å²) in [6, 6.07) is 28.8. The normalized spacial score (nSPS) is 16.2. The Balaban J connectivity index is 1.48. The molecule has 1 aromatic heterocycles. The third-order valence-electron chi connectivity index (χ3n) is 7.05. The second-order valence-electron chi connectivity index (χ2n) is 9.92. The predicted molar refractivity (Wildman–Crippen MR) is 164 cm³/mol. The number of carbonyl (C=O) groups is 2. The molecule has 2 heterocycles. The number of hydrogen-bond donors (Lipinski definition) is 1. The van der Waals surface area contributed by atoms with E-state index in [9.17, 15) is 14.7 Å². The Morgan fingerprint density at radius 2 is 1.64 bits per heavy atom. The van der Waals surface area contributed by atoms with Gasteiger partial charge in [-0.3, -0.25) is 14.5 Å². The van der Waals surface area contributed by atoms with Crippen LogP contribution in [0.1, 0.15) is 35.2 Å². The lowest BCUT2D eigenvalue weighted by Gasteiger charge is -2.24. The highest BCUT2D eigenvalue weighted by Crippen LogP contribution is 2.46. The zero-order valence-corrected chi connectivity index (χ0v) is 23.9. The van der Waals surface area contributed by atoms with Crippen molar-refractivity contribution in [3.05, 3.63) is 125 Å². The molecule has 42 heavy (non-hydrogen) atoms. The van der Waals surface area contributed by atoms with E-state index in [1.165, 1.54) is 16.2 Å². The zero-order valence-electron chi connectivity index (χ0n) is 23.1. The fourth-order valence-corrected chi connectivity index (χ4v) is 6.13. The van der Waals surface area contributed by atoms with Gasteiger partial charge in [-0.15, -0.1) is 0 Å². The van der Waals surface area contributed by atoms with Gasteiger partial charge in [0.15, 0.2) is 16.6 Å². The van der Waals surface area contributed by atoms with E-state index in [2.05, 4.69) is 0 Å². The number of carbonyl (C=O) groups excluding carboxylic acids is 2. The summed E-state index contributed by atoms with van der Waals surface area (Å²) in [4.78, 5) is 33.4. The maximum absolute atomic E-state index is 13.7. The van der Waals surface area contributed by atoms with E-state index in [1.54, 1.807) is 42.5 Å². The van der Waals surface area contributed by atoms with Gasteiger partial charge in [-0.2, -0.15) is 0 Å². The summed E-state index contributed by atoms with van der Waals surface area (Å²) >= 11 is 1.33. The maximum Gasteiger partial charge on any atom is 0.301 e. The van der Waals surface area contributed by atoms with Crippen LogP contribution in [0, 0.1) is 6.92 Å². The van der Waals surface area contributed by atoms with E-state index < -0.39 is 17.7 Å². The topological polar surface area (TPSA) is 89.0 Å². The molecule has 0 saturated carbocycles. The zero-order chi connectivity index (χ0) is 29.2. The fraction of sp³-hybridized carbons (Fsp3) is 0.147. The van der Waals surface area contributed by atoms with Gasteiger partial charge >= 0.3 is 5.91 Å². The number of anilines is 1. The molecular weight excluding hydrogens is 548 g/mol. The average Bonchev–Trinajstić information content (AvgIpc) is 3.54. The first-order chi connectivity index (χ1) is 20.4. The summed E-state index contributed by atoms with van der Waals surface area (Å²) in [6.07, 6.45) is 0. The molecule has 1 aliphatic rings. The fourth-order valence-electron chi connectivity index (χ4n) is 5.04. The highest BCUT2D eigenvalue weighted by molar-refractivity contribution is 7.22. The smallest absolute Gasteiger partial charge is 0.301 e. The van der Waals surface area contributed by atoms with Crippen molar-refractivity contribution in [2.24, 2.45) is 0 Å². The monoisotopic (exact) mass is 576 g/mol. The number of aliphatic hydroxyl groups is 1. The van der Waals surface area contributed by atoms with Crippen LogP contribution in [0.3, 0.4) is 0 Å². The minimum atomic E-state index is -0.936. The molecule has 0 radical (unpaired) electrons. The van der Waals surface area contributed by atoms with Crippen molar-refractivity contribution in [1.29, 1.82) is 0 Å². The Bertz CT molecular complexity index is 1810. The average molecular weight is 577 g/mol. The van der Waals surface area contributed by atoms with Crippen LogP contribution in [0.15, 0.2) is 103 Å². The molecule has 8 heteroatoms. The molecular formula is C34H28N2O5S. The highest BCUT2D eigenvalue weighted by atomic mass is 32.1. The Hall–Kier alpha value is -4.95. The minimum absolute atomic E-state index is 0.0120. The van der Waals surface area contributed by atoms with Gasteiger partial charge in [-0.1, -0.05) is 84.1 Å². The number of hydrogen-bond acceptors (Lipinski definition) is 7. The van der Waals surface area contributed by atoms with Crippen molar-refractivity contribution in [3.63, 3.8) is 0 Å². The molecule has 0 aliphatic carbocycles. The summed E-state index contributed by atoms with van der Waals surface area (Å²) in [7, 11) is 0.